The highest BCUT2D eigenvalue weighted by atomic mass is 16.6. The van der Waals surface area contributed by atoms with Gasteiger partial charge in [0.25, 0.3) is 0 Å². The predicted molar refractivity (Wildman–Crippen MR) is 535 cm³/mol. The summed E-state index contributed by atoms with van der Waals surface area (Å²) in [4.78, 5) is 0. The Bertz CT molecular complexity index is 3460. The summed E-state index contributed by atoms with van der Waals surface area (Å²) in [5.41, 5.74) is 7.66. The molecule has 0 atom stereocenters. The van der Waals surface area contributed by atoms with Gasteiger partial charge < -0.3 is 61.6 Å². The highest BCUT2D eigenvalue weighted by Crippen LogP contribution is 2.48. The van der Waals surface area contributed by atoms with Crippen molar-refractivity contribution >= 4 is 0 Å². The van der Waals surface area contributed by atoms with Gasteiger partial charge in [0.1, 0.15) is 26.4 Å². The van der Waals surface area contributed by atoms with E-state index in [0.29, 0.717) is 89.1 Å². The van der Waals surface area contributed by atoms with E-state index in [-0.39, 0.29) is 26.4 Å². The van der Waals surface area contributed by atoms with Gasteiger partial charge in [-0.3, -0.25) is 0 Å². The monoisotopic (exact) mass is 1760 g/mol. The van der Waals surface area contributed by atoms with Crippen LogP contribution in [0.5, 0.6) is 69.0 Å². The molecule has 1 aliphatic rings. The Labute approximate surface area is 775 Å². The van der Waals surface area contributed by atoms with Gasteiger partial charge in [-0.1, -0.05) is 388 Å². The van der Waals surface area contributed by atoms with Crippen LogP contribution in [0.1, 0.15) is 415 Å². The van der Waals surface area contributed by atoms with Gasteiger partial charge in [0.15, 0.2) is 69.0 Å². The zero-order valence-corrected chi connectivity index (χ0v) is 82.0. The van der Waals surface area contributed by atoms with Crippen molar-refractivity contribution < 1.29 is 61.6 Å². The lowest BCUT2D eigenvalue weighted by atomic mass is 9.93. The molecule has 0 spiro atoms. The highest BCUT2D eigenvalue weighted by molar-refractivity contribution is 5.89. The van der Waals surface area contributed by atoms with Gasteiger partial charge in [0.05, 0.1) is 66.1 Å². The summed E-state index contributed by atoms with van der Waals surface area (Å²) in [5, 5.41) is 0. The number of hydrogen-bond acceptors (Lipinski definition) is 13. The Morgan fingerprint density at radius 2 is 0.315 bits per heavy atom. The fourth-order valence-electron chi connectivity index (χ4n) is 16.9. The summed E-state index contributed by atoms with van der Waals surface area (Å²) >= 11 is 0. The fraction of sp³-hybridized carbons (Fsp3) is 0.684. The first kappa shape index (κ1) is 107. The average molecular weight is 1760 g/mol. The first-order valence-corrected chi connectivity index (χ1v) is 52.9. The SMILES string of the molecule is CCCCCCCCCOc1ccc(-c2cc3c(cc2-c2ccc(OCCCCCCCCC)c(OCCCCCCCCC)c2)OCCOc2cc(-c4ccc(OCCCCCCCCC)c(OCCCCCCCCC)c4)c(-c4ccc(OCCCCCCCCC)c(OCCCCCCCCC)c4)cc2OCCOCCO3)cc1OCCCCCCCCC. The number of hydrogen-bond donors (Lipinski definition) is 0. The number of unbranched alkanes of at least 4 members (excludes halogenated alkanes) is 48. The van der Waals surface area contributed by atoms with Crippen molar-refractivity contribution in [2.45, 2.75) is 415 Å². The Morgan fingerprint density at radius 3 is 0.488 bits per heavy atom. The summed E-state index contributed by atoms with van der Waals surface area (Å²) in [6.45, 7) is 24.7. The summed E-state index contributed by atoms with van der Waals surface area (Å²) in [5.74, 6) is 8.42. The molecule has 1 heterocycles. The van der Waals surface area contributed by atoms with Crippen LogP contribution in [0.3, 0.4) is 0 Å². The molecule has 0 bridgehead atoms. The van der Waals surface area contributed by atoms with Crippen LogP contribution in [0.15, 0.2) is 97.1 Å². The van der Waals surface area contributed by atoms with Crippen LogP contribution in [-0.4, -0.2) is 92.5 Å². The minimum absolute atomic E-state index is 0.183. The van der Waals surface area contributed by atoms with E-state index < -0.39 is 0 Å². The van der Waals surface area contributed by atoms with Crippen molar-refractivity contribution in [1.82, 2.24) is 0 Å². The van der Waals surface area contributed by atoms with Gasteiger partial charge in [0.2, 0.25) is 0 Å². The van der Waals surface area contributed by atoms with E-state index in [4.69, 9.17) is 61.6 Å². The topological polar surface area (TPSA) is 120 Å². The molecule has 13 heteroatoms. The van der Waals surface area contributed by atoms with E-state index in [0.717, 1.165) is 193 Å². The standard InChI is InChI=1S/C114H180O13/c1-9-17-25-33-41-49-57-73-116-103-69-65-95(87-107(103)120-77-61-53-45-37-29-21-13-5)99-91-111-113(93-101(99)97-67-71-105(118-75-59-51-43-35-27-19-11-3)109(89-97)122-79-63-55-47-39-31-23-15-7)126-85-86-127-114-94-102(98-68-72-106(119-76-60-52-44-36-28-20-12-4)110(90-98)123-80-64-56-48-40-32-24-16-8)100(92-112(114)125-84-82-115-81-83-124-111)96-66-70-104(117-74-58-50-42-34-26-18-10-2)108(88-96)121-78-62-54-46-38-30-22-14-6/h65-72,87-94H,9-64,73-86H2,1-8H3. The van der Waals surface area contributed by atoms with E-state index in [2.05, 4.69) is 152 Å². The molecule has 0 unspecified atom stereocenters. The largest absolute Gasteiger partial charge is 0.490 e. The van der Waals surface area contributed by atoms with Crippen LogP contribution < -0.4 is 56.8 Å². The van der Waals surface area contributed by atoms with Gasteiger partial charge in [-0.15, -0.1) is 0 Å². The normalized spacial score (nSPS) is 12.4. The van der Waals surface area contributed by atoms with Gasteiger partial charge in [-0.2, -0.15) is 0 Å². The maximum atomic E-state index is 7.11. The van der Waals surface area contributed by atoms with Crippen molar-refractivity contribution in [2.24, 2.45) is 0 Å². The predicted octanol–water partition coefficient (Wildman–Crippen LogP) is 34.6. The van der Waals surface area contributed by atoms with Crippen LogP contribution in [0.4, 0.5) is 0 Å². The number of rotatable bonds is 76. The molecule has 13 nitrogen and oxygen atoms in total. The molecular formula is C114H180O13. The molecule has 714 valence electrons. The molecule has 0 N–H and O–H groups in total. The summed E-state index contributed by atoms with van der Waals surface area (Å²) in [6.07, 6.45) is 67.4. The summed E-state index contributed by atoms with van der Waals surface area (Å²) < 4.78 is 89.0. The first-order chi connectivity index (χ1) is 62.9. The zero-order valence-electron chi connectivity index (χ0n) is 82.0. The molecule has 0 aliphatic carbocycles. The lowest BCUT2D eigenvalue weighted by molar-refractivity contribution is 0.0754. The number of ether oxygens (including phenoxy) is 13. The van der Waals surface area contributed by atoms with Crippen LogP contribution in [0, 0.1) is 0 Å². The third kappa shape index (κ3) is 45.0. The van der Waals surface area contributed by atoms with E-state index in [1.54, 1.807) is 0 Å². The van der Waals surface area contributed by atoms with Crippen molar-refractivity contribution in [3.05, 3.63) is 97.1 Å². The highest BCUT2D eigenvalue weighted by Gasteiger charge is 2.24. The van der Waals surface area contributed by atoms with Crippen LogP contribution in [0.25, 0.3) is 44.5 Å². The summed E-state index contributed by atoms with van der Waals surface area (Å²) in [6, 6.07) is 34.5. The third-order valence-corrected chi connectivity index (χ3v) is 24.8. The molecule has 7 rings (SSSR count). The van der Waals surface area contributed by atoms with Gasteiger partial charge in [-0.25, -0.2) is 0 Å². The Hall–Kier alpha value is -7.12. The second-order valence-electron chi connectivity index (χ2n) is 36.1. The van der Waals surface area contributed by atoms with Gasteiger partial charge in [0, 0.05) is 0 Å². The fourth-order valence-corrected chi connectivity index (χ4v) is 16.9. The molecule has 1 aliphatic heterocycles. The minimum atomic E-state index is 0.183. The van der Waals surface area contributed by atoms with Gasteiger partial charge >= 0.3 is 0 Å². The lowest BCUT2D eigenvalue weighted by Crippen LogP contribution is -2.12. The molecule has 6 aromatic rings. The smallest absolute Gasteiger partial charge is 0.162 e. The zero-order chi connectivity index (χ0) is 89.6. The van der Waals surface area contributed by atoms with Crippen LogP contribution in [0.2, 0.25) is 0 Å². The van der Waals surface area contributed by atoms with Crippen molar-refractivity contribution in [3.63, 3.8) is 0 Å². The maximum absolute atomic E-state index is 7.11. The maximum Gasteiger partial charge on any atom is 0.162 e. The number of fused-ring (bicyclic) bond motifs is 2. The van der Waals surface area contributed by atoms with Crippen molar-refractivity contribution in [3.8, 4) is 114 Å². The van der Waals surface area contributed by atoms with E-state index in [1.165, 1.54) is 257 Å². The quantitative estimate of drug-likeness (QED) is 0.0337. The third-order valence-electron chi connectivity index (χ3n) is 24.8. The molecule has 0 fully saturated rings. The molecule has 0 aromatic heterocycles. The van der Waals surface area contributed by atoms with Gasteiger partial charge in [-0.05, 0) is 169 Å². The first-order valence-electron chi connectivity index (χ1n) is 52.9. The van der Waals surface area contributed by atoms with Crippen molar-refractivity contribution in [2.75, 3.05) is 92.5 Å². The Kier molecular flexibility index (Phi) is 60.3. The second-order valence-corrected chi connectivity index (χ2v) is 36.1. The van der Waals surface area contributed by atoms with Crippen LogP contribution >= 0.6 is 0 Å². The summed E-state index contributed by atoms with van der Waals surface area (Å²) in [7, 11) is 0. The average Bonchev–Trinajstić information content (AvgIpc) is 0.850. The van der Waals surface area contributed by atoms with Crippen LogP contribution in [-0.2, 0) is 4.74 Å². The molecule has 127 heavy (non-hydrogen) atoms. The second kappa shape index (κ2) is 71.6. The minimum Gasteiger partial charge on any atom is -0.490 e. The molecule has 0 amide bonds. The molecule has 6 aromatic carbocycles. The Balaban J connectivity index is 1.33. The molecule has 0 saturated heterocycles. The molecular weight excluding hydrogens is 1580 g/mol. The number of benzene rings is 6. The Morgan fingerprint density at radius 1 is 0.165 bits per heavy atom. The van der Waals surface area contributed by atoms with Crippen molar-refractivity contribution in [1.29, 1.82) is 0 Å². The molecule has 0 radical (unpaired) electrons. The molecule has 0 saturated carbocycles. The van der Waals surface area contributed by atoms with E-state index in [1.807, 2.05) is 0 Å². The van der Waals surface area contributed by atoms with E-state index >= 15 is 0 Å². The lowest BCUT2D eigenvalue weighted by Gasteiger charge is -2.21. The van der Waals surface area contributed by atoms with E-state index in [9.17, 15) is 0 Å².